The molecule has 4 nitrogen and oxygen atoms in total. The van der Waals surface area contributed by atoms with Crippen molar-refractivity contribution in [1.82, 2.24) is 4.98 Å². The van der Waals surface area contributed by atoms with Crippen molar-refractivity contribution in [2.24, 2.45) is 23.2 Å². The van der Waals surface area contributed by atoms with Gasteiger partial charge < -0.3 is 4.42 Å². The molecule has 2 aromatic rings. The number of amides is 1. The SMILES string of the molecule is C[C@H](c1ccco1)N(C(=O)C12CC3CC(CC(C3)C1)C2)c1ccccn1. The van der Waals surface area contributed by atoms with Gasteiger partial charge in [-0.2, -0.15) is 0 Å². The molecule has 136 valence electrons. The van der Waals surface area contributed by atoms with Crippen LogP contribution in [0, 0.1) is 23.2 Å². The highest BCUT2D eigenvalue weighted by atomic mass is 16.3. The van der Waals surface area contributed by atoms with E-state index in [4.69, 9.17) is 4.42 Å². The van der Waals surface area contributed by atoms with Gasteiger partial charge in [-0.25, -0.2) is 4.98 Å². The zero-order chi connectivity index (χ0) is 17.7. The van der Waals surface area contributed by atoms with Crippen LogP contribution in [-0.2, 0) is 4.79 Å². The normalized spacial score (nSPS) is 33.2. The van der Waals surface area contributed by atoms with Crippen molar-refractivity contribution in [2.75, 3.05) is 4.90 Å². The van der Waals surface area contributed by atoms with Crippen LogP contribution < -0.4 is 4.90 Å². The number of rotatable bonds is 4. The third-order valence-electron chi connectivity index (χ3n) is 6.95. The Hall–Kier alpha value is -2.10. The highest BCUT2D eigenvalue weighted by Crippen LogP contribution is 2.61. The Morgan fingerprint density at radius 3 is 2.35 bits per heavy atom. The van der Waals surface area contributed by atoms with Gasteiger partial charge in [-0.3, -0.25) is 9.69 Å². The molecule has 0 aliphatic heterocycles. The predicted molar refractivity (Wildman–Crippen MR) is 99.5 cm³/mol. The molecule has 2 heterocycles. The first kappa shape index (κ1) is 16.1. The lowest BCUT2D eigenvalue weighted by atomic mass is 9.49. The fraction of sp³-hybridized carbons (Fsp3) is 0.545. The molecule has 0 saturated heterocycles. The summed E-state index contributed by atoms with van der Waals surface area (Å²) in [5.74, 6) is 4.05. The lowest BCUT2D eigenvalue weighted by Crippen LogP contribution is -2.55. The van der Waals surface area contributed by atoms with Crippen LogP contribution in [0.15, 0.2) is 47.2 Å². The second kappa shape index (κ2) is 5.97. The van der Waals surface area contributed by atoms with Gasteiger partial charge in [0.05, 0.1) is 17.7 Å². The fourth-order valence-corrected chi connectivity index (χ4v) is 6.26. The second-order valence-electron chi connectivity index (χ2n) is 8.75. The summed E-state index contributed by atoms with van der Waals surface area (Å²) in [5, 5.41) is 0. The number of hydrogen-bond acceptors (Lipinski definition) is 3. The number of anilines is 1. The van der Waals surface area contributed by atoms with E-state index in [2.05, 4.69) is 4.98 Å². The lowest BCUT2D eigenvalue weighted by Gasteiger charge is -2.56. The van der Waals surface area contributed by atoms with Crippen molar-refractivity contribution in [3.63, 3.8) is 0 Å². The molecule has 4 saturated carbocycles. The molecular weight excluding hydrogens is 324 g/mol. The highest BCUT2D eigenvalue weighted by Gasteiger charge is 2.56. The number of carbonyl (C=O) groups excluding carboxylic acids is 1. The maximum absolute atomic E-state index is 14.0. The zero-order valence-corrected chi connectivity index (χ0v) is 15.3. The van der Waals surface area contributed by atoms with Crippen LogP contribution >= 0.6 is 0 Å². The van der Waals surface area contributed by atoms with Gasteiger partial charge in [-0.05, 0) is 87.5 Å². The molecule has 0 N–H and O–H groups in total. The molecule has 6 rings (SSSR count). The number of pyridine rings is 1. The van der Waals surface area contributed by atoms with Gasteiger partial charge >= 0.3 is 0 Å². The molecule has 0 aromatic carbocycles. The molecule has 0 radical (unpaired) electrons. The van der Waals surface area contributed by atoms with Gasteiger partial charge in [0.2, 0.25) is 5.91 Å². The van der Waals surface area contributed by atoms with E-state index in [9.17, 15) is 4.79 Å². The Kier molecular flexibility index (Phi) is 3.70. The minimum Gasteiger partial charge on any atom is -0.467 e. The Balaban J connectivity index is 1.53. The van der Waals surface area contributed by atoms with Gasteiger partial charge in [-0.1, -0.05) is 6.07 Å². The minimum atomic E-state index is -0.187. The molecule has 4 heteroatoms. The number of hydrogen-bond donors (Lipinski definition) is 0. The van der Waals surface area contributed by atoms with E-state index < -0.39 is 0 Å². The molecule has 4 aliphatic rings. The largest absolute Gasteiger partial charge is 0.467 e. The first-order valence-corrected chi connectivity index (χ1v) is 9.93. The average molecular weight is 350 g/mol. The Bertz CT molecular complexity index is 748. The van der Waals surface area contributed by atoms with E-state index in [1.54, 1.807) is 12.5 Å². The van der Waals surface area contributed by atoms with Crippen LogP contribution in [0.5, 0.6) is 0 Å². The van der Waals surface area contributed by atoms with E-state index in [-0.39, 0.29) is 17.4 Å². The first-order valence-electron chi connectivity index (χ1n) is 9.93. The molecule has 26 heavy (non-hydrogen) atoms. The van der Waals surface area contributed by atoms with Gasteiger partial charge in [0.1, 0.15) is 11.6 Å². The summed E-state index contributed by atoms with van der Waals surface area (Å²) in [5.41, 5.74) is -0.187. The molecule has 4 fully saturated rings. The summed E-state index contributed by atoms with van der Waals surface area (Å²) in [6.07, 6.45) is 10.6. The molecule has 0 unspecified atom stereocenters. The summed E-state index contributed by atoms with van der Waals surface area (Å²) < 4.78 is 5.65. The lowest BCUT2D eigenvalue weighted by molar-refractivity contribution is -0.144. The maximum Gasteiger partial charge on any atom is 0.235 e. The quantitative estimate of drug-likeness (QED) is 0.781. The van der Waals surface area contributed by atoms with Gasteiger partial charge in [0, 0.05) is 6.20 Å². The van der Waals surface area contributed by atoms with Crippen LogP contribution in [0.4, 0.5) is 5.82 Å². The number of carbonyl (C=O) groups is 1. The topological polar surface area (TPSA) is 46.3 Å². The number of nitrogens with zero attached hydrogens (tertiary/aromatic N) is 2. The third kappa shape index (κ3) is 2.50. The van der Waals surface area contributed by atoms with E-state index in [1.165, 1.54) is 19.3 Å². The van der Waals surface area contributed by atoms with Crippen LogP contribution in [0.3, 0.4) is 0 Å². The summed E-state index contributed by atoms with van der Waals surface area (Å²) >= 11 is 0. The molecule has 4 bridgehead atoms. The van der Waals surface area contributed by atoms with Crippen molar-refractivity contribution >= 4 is 11.7 Å². The Morgan fingerprint density at radius 1 is 1.12 bits per heavy atom. The monoisotopic (exact) mass is 350 g/mol. The fourth-order valence-electron chi connectivity index (χ4n) is 6.26. The van der Waals surface area contributed by atoms with Crippen molar-refractivity contribution in [3.05, 3.63) is 48.6 Å². The van der Waals surface area contributed by atoms with E-state index >= 15 is 0 Å². The molecule has 1 atom stereocenters. The second-order valence-corrected chi connectivity index (χ2v) is 8.75. The molecular formula is C22H26N2O2. The predicted octanol–water partition coefficient (Wildman–Crippen LogP) is 4.99. The van der Waals surface area contributed by atoms with Crippen molar-refractivity contribution in [3.8, 4) is 0 Å². The van der Waals surface area contributed by atoms with Crippen molar-refractivity contribution in [1.29, 1.82) is 0 Å². The Morgan fingerprint density at radius 2 is 1.81 bits per heavy atom. The molecule has 2 aromatic heterocycles. The Labute approximate surface area is 154 Å². The standard InChI is InChI=1S/C22H26N2O2/c1-15(19-5-4-8-26-19)24(20-6-2-3-7-23-20)21(25)22-12-16-9-17(13-22)11-18(10-16)14-22/h2-8,15-18H,9-14H2,1H3/t15-,16?,17?,18?,22?/m1/s1. The van der Waals surface area contributed by atoms with Gasteiger partial charge in [-0.15, -0.1) is 0 Å². The van der Waals surface area contributed by atoms with Crippen LogP contribution in [-0.4, -0.2) is 10.9 Å². The van der Waals surface area contributed by atoms with Crippen LogP contribution in [0.25, 0.3) is 0 Å². The summed E-state index contributed by atoms with van der Waals surface area (Å²) in [6.45, 7) is 2.05. The maximum atomic E-state index is 14.0. The molecule has 1 amide bonds. The first-order chi connectivity index (χ1) is 12.6. The highest BCUT2D eigenvalue weighted by molar-refractivity contribution is 5.97. The number of furan rings is 1. The van der Waals surface area contributed by atoms with Crippen molar-refractivity contribution < 1.29 is 9.21 Å². The van der Waals surface area contributed by atoms with E-state index in [0.717, 1.165) is 48.6 Å². The summed E-state index contributed by atoms with van der Waals surface area (Å²) in [7, 11) is 0. The van der Waals surface area contributed by atoms with Gasteiger partial charge in [0.25, 0.3) is 0 Å². The summed E-state index contributed by atoms with van der Waals surface area (Å²) in [6, 6.07) is 9.48. The van der Waals surface area contributed by atoms with Crippen molar-refractivity contribution in [2.45, 2.75) is 51.5 Å². The number of aromatic nitrogens is 1. The molecule has 4 aliphatic carbocycles. The van der Waals surface area contributed by atoms with Crippen LogP contribution in [0.1, 0.15) is 57.3 Å². The van der Waals surface area contributed by atoms with E-state index in [1.807, 2.05) is 42.2 Å². The molecule has 0 spiro atoms. The summed E-state index contributed by atoms with van der Waals surface area (Å²) in [4.78, 5) is 20.4. The van der Waals surface area contributed by atoms with E-state index in [0.29, 0.717) is 0 Å². The van der Waals surface area contributed by atoms with Crippen LogP contribution in [0.2, 0.25) is 0 Å². The smallest absolute Gasteiger partial charge is 0.235 e. The zero-order valence-electron chi connectivity index (χ0n) is 15.3. The minimum absolute atomic E-state index is 0.152. The average Bonchev–Trinajstić information content (AvgIpc) is 3.16. The van der Waals surface area contributed by atoms with Gasteiger partial charge in [0.15, 0.2) is 0 Å². The third-order valence-corrected chi connectivity index (χ3v) is 6.95.